The summed E-state index contributed by atoms with van der Waals surface area (Å²) in [5.74, 6) is 0.223. The lowest BCUT2D eigenvalue weighted by Gasteiger charge is -2.26. The Labute approximate surface area is 153 Å². The first kappa shape index (κ1) is 24.4. The van der Waals surface area contributed by atoms with Crippen molar-refractivity contribution in [3.63, 3.8) is 0 Å². The average molecular weight is 364 g/mol. The van der Waals surface area contributed by atoms with Crippen molar-refractivity contribution >= 4 is 30.7 Å². The van der Waals surface area contributed by atoms with E-state index < -0.39 is 0 Å². The molecule has 1 N–H and O–H groups in total. The molecule has 0 radical (unpaired) electrons. The molecule has 134 valence electrons. The Bertz CT molecular complexity index is 400. The van der Waals surface area contributed by atoms with Gasteiger partial charge < -0.3 is 15.1 Å². The molecule has 0 aliphatic rings. The highest BCUT2D eigenvalue weighted by Gasteiger charge is 2.14. The van der Waals surface area contributed by atoms with Crippen LogP contribution in [-0.2, 0) is 11.3 Å². The zero-order valence-corrected chi connectivity index (χ0v) is 16.1. The lowest BCUT2D eigenvalue weighted by molar-refractivity contribution is -0.131. The number of hydrogen-bond acceptors (Lipinski definition) is 3. The molecular weight excluding hydrogens is 333 g/mol. The first-order valence-corrected chi connectivity index (χ1v) is 7.89. The van der Waals surface area contributed by atoms with Crippen LogP contribution in [0.3, 0.4) is 0 Å². The van der Waals surface area contributed by atoms with Crippen LogP contribution in [0.25, 0.3) is 0 Å². The standard InChI is InChI=1S/C17H29N3O.2ClH/c1-4-19(5-2)13-14-20(17(21)11-12-18-3)15-16-9-7-6-8-10-16;;/h6-10,18H,4-5,11-15H2,1-3H3;2*1H. The summed E-state index contributed by atoms with van der Waals surface area (Å²) in [6, 6.07) is 10.2. The Morgan fingerprint density at radius 1 is 1.04 bits per heavy atom. The van der Waals surface area contributed by atoms with Crippen LogP contribution in [0.15, 0.2) is 30.3 Å². The molecule has 0 heterocycles. The van der Waals surface area contributed by atoms with Crippen LogP contribution in [0, 0.1) is 0 Å². The van der Waals surface area contributed by atoms with Gasteiger partial charge in [0.25, 0.3) is 0 Å². The van der Waals surface area contributed by atoms with Gasteiger partial charge in [-0.2, -0.15) is 0 Å². The minimum absolute atomic E-state index is 0. The smallest absolute Gasteiger partial charge is 0.224 e. The van der Waals surface area contributed by atoms with Crippen molar-refractivity contribution in [2.24, 2.45) is 0 Å². The predicted molar refractivity (Wildman–Crippen MR) is 103 cm³/mol. The van der Waals surface area contributed by atoms with E-state index in [0.717, 1.165) is 32.7 Å². The predicted octanol–water partition coefficient (Wildman–Crippen LogP) is 2.81. The fourth-order valence-corrected chi connectivity index (χ4v) is 2.29. The van der Waals surface area contributed by atoms with Gasteiger partial charge in [-0.05, 0) is 25.7 Å². The molecule has 1 aromatic carbocycles. The SMILES string of the molecule is CCN(CC)CCN(Cc1ccccc1)C(=O)CCNC.Cl.Cl. The Kier molecular flexibility index (Phi) is 15.7. The van der Waals surface area contributed by atoms with Gasteiger partial charge in [0.1, 0.15) is 0 Å². The fourth-order valence-electron chi connectivity index (χ4n) is 2.29. The van der Waals surface area contributed by atoms with E-state index in [2.05, 4.69) is 36.2 Å². The zero-order valence-electron chi connectivity index (χ0n) is 14.5. The van der Waals surface area contributed by atoms with Gasteiger partial charge in [-0.1, -0.05) is 44.2 Å². The highest BCUT2D eigenvalue weighted by atomic mass is 35.5. The first-order valence-electron chi connectivity index (χ1n) is 7.89. The summed E-state index contributed by atoms with van der Waals surface area (Å²) in [5, 5.41) is 3.05. The first-order chi connectivity index (χ1) is 10.2. The van der Waals surface area contributed by atoms with E-state index in [-0.39, 0.29) is 30.7 Å². The maximum Gasteiger partial charge on any atom is 0.224 e. The highest BCUT2D eigenvalue weighted by Crippen LogP contribution is 2.06. The van der Waals surface area contributed by atoms with Gasteiger partial charge in [-0.3, -0.25) is 4.79 Å². The molecule has 4 nitrogen and oxygen atoms in total. The number of nitrogens with one attached hydrogen (secondary N) is 1. The van der Waals surface area contributed by atoms with Gasteiger partial charge in [-0.15, -0.1) is 24.8 Å². The topological polar surface area (TPSA) is 35.6 Å². The summed E-state index contributed by atoms with van der Waals surface area (Å²) in [5.41, 5.74) is 1.19. The van der Waals surface area contributed by atoms with E-state index >= 15 is 0 Å². The third kappa shape index (κ3) is 9.82. The van der Waals surface area contributed by atoms with E-state index in [4.69, 9.17) is 0 Å². The van der Waals surface area contributed by atoms with Gasteiger partial charge >= 0.3 is 0 Å². The maximum atomic E-state index is 12.4. The van der Waals surface area contributed by atoms with Crippen molar-refractivity contribution in [2.75, 3.05) is 39.8 Å². The van der Waals surface area contributed by atoms with E-state index in [1.807, 2.05) is 30.1 Å². The lowest BCUT2D eigenvalue weighted by atomic mass is 10.2. The number of rotatable bonds is 10. The van der Waals surface area contributed by atoms with Crippen LogP contribution in [0.2, 0.25) is 0 Å². The molecule has 1 rings (SSSR count). The molecule has 1 amide bonds. The third-order valence-electron chi connectivity index (χ3n) is 3.74. The number of likely N-dealkylation sites (N-methyl/N-ethyl adjacent to an activating group) is 1. The minimum Gasteiger partial charge on any atom is -0.337 e. The Hall–Kier alpha value is -0.810. The second-order valence-corrected chi connectivity index (χ2v) is 5.18. The molecule has 0 saturated heterocycles. The van der Waals surface area contributed by atoms with E-state index in [1.165, 1.54) is 5.56 Å². The molecule has 0 fully saturated rings. The van der Waals surface area contributed by atoms with Gasteiger partial charge in [0.15, 0.2) is 0 Å². The summed E-state index contributed by atoms with van der Waals surface area (Å²) in [4.78, 5) is 16.7. The van der Waals surface area contributed by atoms with E-state index in [9.17, 15) is 4.79 Å². The molecule has 1 aromatic rings. The third-order valence-corrected chi connectivity index (χ3v) is 3.74. The summed E-state index contributed by atoms with van der Waals surface area (Å²) in [7, 11) is 1.88. The largest absolute Gasteiger partial charge is 0.337 e. The molecular formula is C17H31Cl2N3O. The normalized spacial score (nSPS) is 9.91. The summed E-state index contributed by atoms with van der Waals surface area (Å²) < 4.78 is 0. The lowest BCUT2D eigenvalue weighted by Crippen LogP contribution is -2.39. The Morgan fingerprint density at radius 3 is 2.17 bits per heavy atom. The maximum absolute atomic E-state index is 12.4. The van der Waals surface area contributed by atoms with Crippen LogP contribution >= 0.6 is 24.8 Å². The van der Waals surface area contributed by atoms with Crippen molar-refractivity contribution in [3.8, 4) is 0 Å². The Morgan fingerprint density at radius 2 is 1.65 bits per heavy atom. The van der Waals surface area contributed by atoms with Crippen molar-refractivity contribution in [2.45, 2.75) is 26.8 Å². The van der Waals surface area contributed by atoms with E-state index in [0.29, 0.717) is 13.0 Å². The van der Waals surface area contributed by atoms with Crippen molar-refractivity contribution in [1.29, 1.82) is 0 Å². The van der Waals surface area contributed by atoms with Gasteiger partial charge in [0, 0.05) is 32.6 Å². The summed E-state index contributed by atoms with van der Waals surface area (Å²) >= 11 is 0. The van der Waals surface area contributed by atoms with Crippen LogP contribution in [0.1, 0.15) is 25.8 Å². The monoisotopic (exact) mass is 363 g/mol. The van der Waals surface area contributed by atoms with Crippen LogP contribution in [0.5, 0.6) is 0 Å². The van der Waals surface area contributed by atoms with Crippen LogP contribution in [-0.4, -0.2) is 55.5 Å². The highest BCUT2D eigenvalue weighted by molar-refractivity contribution is 5.85. The van der Waals surface area contributed by atoms with Crippen LogP contribution < -0.4 is 5.32 Å². The second-order valence-electron chi connectivity index (χ2n) is 5.18. The number of benzene rings is 1. The molecule has 0 spiro atoms. The quantitative estimate of drug-likeness (QED) is 0.694. The molecule has 0 bridgehead atoms. The number of halogens is 2. The fraction of sp³-hybridized carbons (Fsp3) is 0.588. The molecule has 23 heavy (non-hydrogen) atoms. The zero-order chi connectivity index (χ0) is 15.5. The number of hydrogen-bond donors (Lipinski definition) is 1. The molecule has 0 aliphatic carbocycles. The summed E-state index contributed by atoms with van der Waals surface area (Å²) in [6.07, 6.45) is 0.557. The van der Waals surface area contributed by atoms with Gasteiger partial charge in [0.2, 0.25) is 5.91 Å². The minimum atomic E-state index is 0. The number of amides is 1. The van der Waals surface area contributed by atoms with E-state index in [1.54, 1.807) is 0 Å². The molecule has 0 saturated carbocycles. The van der Waals surface area contributed by atoms with Crippen LogP contribution in [0.4, 0.5) is 0 Å². The second kappa shape index (κ2) is 14.8. The molecule has 0 atom stereocenters. The Balaban J connectivity index is 0. The molecule has 6 heteroatoms. The summed E-state index contributed by atoms with van der Waals surface area (Å²) in [6.45, 7) is 9.53. The molecule has 0 aliphatic heterocycles. The average Bonchev–Trinajstić information content (AvgIpc) is 2.53. The van der Waals surface area contributed by atoms with Gasteiger partial charge in [0.05, 0.1) is 0 Å². The van der Waals surface area contributed by atoms with Crippen molar-refractivity contribution < 1.29 is 4.79 Å². The molecule has 0 unspecified atom stereocenters. The number of carbonyl (C=O) groups excluding carboxylic acids is 1. The van der Waals surface area contributed by atoms with Gasteiger partial charge in [-0.25, -0.2) is 0 Å². The number of carbonyl (C=O) groups is 1. The molecule has 0 aromatic heterocycles. The van der Waals surface area contributed by atoms with Crippen molar-refractivity contribution in [1.82, 2.24) is 15.1 Å². The number of nitrogens with zero attached hydrogens (tertiary/aromatic N) is 2. The van der Waals surface area contributed by atoms with Crippen molar-refractivity contribution in [3.05, 3.63) is 35.9 Å².